The lowest BCUT2D eigenvalue weighted by Crippen LogP contribution is -2.28. The summed E-state index contributed by atoms with van der Waals surface area (Å²) < 4.78 is 5.69. The van der Waals surface area contributed by atoms with Gasteiger partial charge in [0.05, 0.1) is 12.9 Å². The van der Waals surface area contributed by atoms with Gasteiger partial charge in [0.15, 0.2) is 6.61 Å². The Hall–Kier alpha value is -2.47. The molecule has 1 aromatic heterocycles. The van der Waals surface area contributed by atoms with E-state index < -0.39 is 17.9 Å². The third kappa shape index (κ3) is 3.40. The minimum Gasteiger partial charge on any atom is -0.459 e. The van der Waals surface area contributed by atoms with E-state index in [4.69, 9.17) is 11.6 Å². The van der Waals surface area contributed by atoms with Crippen LogP contribution in [0.25, 0.3) is 0 Å². The summed E-state index contributed by atoms with van der Waals surface area (Å²) in [5, 5.41) is 0.602. The molecule has 7 heteroatoms. The van der Waals surface area contributed by atoms with Gasteiger partial charge in [-0.1, -0.05) is 23.7 Å². The summed E-state index contributed by atoms with van der Waals surface area (Å²) in [4.78, 5) is 38.1. The first kappa shape index (κ1) is 15.9. The van der Waals surface area contributed by atoms with Crippen LogP contribution < -0.4 is 5.56 Å². The van der Waals surface area contributed by atoms with Gasteiger partial charge in [-0.05, 0) is 24.1 Å². The maximum atomic E-state index is 12.3. The lowest BCUT2D eigenvalue weighted by Gasteiger charge is -2.10. The topological polar surface area (TPSA) is 78.3 Å². The van der Waals surface area contributed by atoms with Crippen LogP contribution in [0.15, 0.2) is 35.5 Å². The standard InChI is InChI=1S/C15H13ClN2O4/c1-10-11(3-2-4-13(10)16)6-18-8-17-5-12(15(18)21)14(20)7-22-9-19/h2-5,8-9H,6-7H2,1H3. The summed E-state index contributed by atoms with van der Waals surface area (Å²) >= 11 is 6.05. The molecule has 22 heavy (non-hydrogen) atoms. The number of ketones is 1. The van der Waals surface area contributed by atoms with E-state index in [0.717, 1.165) is 11.1 Å². The third-order valence-corrected chi connectivity index (χ3v) is 3.61. The lowest BCUT2D eigenvalue weighted by atomic mass is 10.1. The largest absolute Gasteiger partial charge is 0.459 e. The molecular weight excluding hydrogens is 308 g/mol. The average molecular weight is 321 g/mol. The second kappa shape index (κ2) is 7.00. The van der Waals surface area contributed by atoms with Gasteiger partial charge in [0.1, 0.15) is 5.56 Å². The highest BCUT2D eigenvalue weighted by Crippen LogP contribution is 2.19. The van der Waals surface area contributed by atoms with Gasteiger partial charge in [-0.2, -0.15) is 0 Å². The molecule has 0 aliphatic heterocycles. The summed E-state index contributed by atoms with van der Waals surface area (Å²) in [5.74, 6) is -0.596. The van der Waals surface area contributed by atoms with Crippen molar-refractivity contribution in [3.63, 3.8) is 0 Å². The number of hydrogen-bond acceptors (Lipinski definition) is 5. The van der Waals surface area contributed by atoms with Gasteiger partial charge in [0, 0.05) is 11.2 Å². The van der Waals surface area contributed by atoms with E-state index in [1.807, 2.05) is 13.0 Å². The smallest absolute Gasteiger partial charge is 0.293 e. The number of ether oxygens (including phenoxy) is 1. The Morgan fingerprint density at radius 3 is 2.95 bits per heavy atom. The zero-order valence-corrected chi connectivity index (χ0v) is 12.5. The van der Waals surface area contributed by atoms with Gasteiger partial charge >= 0.3 is 0 Å². The Labute approximate surface area is 131 Å². The van der Waals surface area contributed by atoms with Gasteiger partial charge in [-0.3, -0.25) is 19.0 Å². The van der Waals surface area contributed by atoms with Gasteiger partial charge in [0.2, 0.25) is 5.78 Å². The number of benzene rings is 1. The van der Waals surface area contributed by atoms with E-state index in [-0.39, 0.29) is 18.6 Å². The van der Waals surface area contributed by atoms with Crippen molar-refractivity contribution in [3.05, 3.63) is 62.8 Å². The van der Waals surface area contributed by atoms with Crippen LogP contribution in [0.1, 0.15) is 21.5 Å². The molecule has 6 nitrogen and oxygen atoms in total. The average Bonchev–Trinajstić information content (AvgIpc) is 2.51. The van der Waals surface area contributed by atoms with Gasteiger partial charge in [0.25, 0.3) is 12.0 Å². The molecule has 0 bridgehead atoms. The molecule has 2 aromatic rings. The molecule has 0 spiro atoms. The predicted molar refractivity (Wildman–Crippen MR) is 80.1 cm³/mol. The fourth-order valence-electron chi connectivity index (χ4n) is 1.95. The summed E-state index contributed by atoms with van der Waals surface area (Å²) in [7, 11) is 0. The number of nitrogens with zero attached hydrogens (tertiary/aromatic N) is 2. The molecule has 0 amide bonds. The maximum absolute atomic E-state index is 12.3. The Morgan fingerprint density at radius 1 is 1.45 bits per heavy atom. The molecule has 1 aromatic carbocycles. The maximum Gasteiger partial charge on any atom is 0.293 e. The van der Waals surface area contributed by atoms with Gasteiger partial charge < -0.3 is 4.74 Å². The molecule has 114 valence electrons. The molecule has 0 radical (unpaired) electrons. The minimum absolute atomic E-state index is 0.121. The number of Topliss-reactive ketones (excluding diaryl/α,β-unsaturated/α-hetero) is 1. The summed E-state index contributed by atoms with van der Waals surface area (Å²) in [6, 6.07) is 5.39. The molecule has 0 atom stereocenters. The highest BCUT2D eigenvalue weighted by molar-refractivity contribution is 6.31. The normalized spacial score (nSPS) is 10.3. The summed E-state index contributed by atoms with van der Waals surface area (Å²) in [5.41, 5.74) is 1.10. The molecule has 0 aliphatic rings. The molecule has 0 unspecified atom stereocenters. The highest BCUT2D eigenvalue weighted by Gasteiger charge is 2.14. The molecule has 0 fully saturated rings. The molecule has 0 saturated carbocycles. The first-order chi connectivity index (χ1) is 10.5. The Bertz CT molecular complexity index is 770. The van der Waals surface area contributed by atoms with Crippen LogP contribution in [0.2, 0.25) is 5.02 Å². The van der Waals surface area contributed by atoms with Crippen molar-refractivity contribution >= 4 is 23.9 Å². The van der Waals surface area contributed by atoms with Crippen LogP contribution >= 0.6 is 11.6 Å². The number of aromatic nitrogens is 2. The molecule has 0 saturated heterocycles. The quantitative estimate of drug-likeness (QED) is 0.597. The van der Waals surface area contributed by atoms with Crippen LogP contribution in [0.4, 0.5) is 0 Å². The first-order valence-electron chi connectivity index (χ1n) is 6.41. The number of rotatable bonds is 6. The number of hydrogen-bond donors (Lipinski definition) is 0. The zero-order chi connectivity index (χ0) is 16.1. The molecular formula is C15H13ClN2O4. The second-order valence-electron chi connectivity index (χ2n) is 4.59. The van der Waals surface area contributed by atoms with Crippen LogP contribution in [0.5, 0.6) is 0 Å². The monoisotopic (exact) mass is 320 g/mol. The Morgan fingerprint density at radius 2 is 2.23 bits per heavy atom. The van der Waals surface area contributed by atoms with Crippen LogP contribution in [-0.2, 0) is 16.1 Å². The Balaban J connectivity index is 2.33. The summed E-state index contributed by atoms with van der Waals surface area (Å²) in [6.45, 7) is 1.76. The fraction of sp³-hybridized carbons (Fsp3) is 0.200. The van der Waals surface area contributed by atoms with Crippen LogP contribution in [0.3, 0.4) is 0 Å². The van der Waals surface area contributed by atoms with Crippen molar-refractivity contribution in [1.82, 2.24) is 9.55 Å². The molecule has 0 N–H and O–H groups in total. The summed E-state index contributed by atoms with van der Waals surface area (Å²) in [6.07, 6.45) is 2.51. The van der Waals surface area contributed by atoms with Crippen molar-refractivity contribution in [3.8, 4) is 0 Å². The van der Waals surface area contributed by atoms with Gasteiger partial charge in [-0.25, -0.2) is 4.98 Å². The molecule has 2 rings (SSSR count). The highest BCUT2D eigenvalue weighted by atomic mass is 35.5. The predicted octanol–water partition coefficient (Wildman–Crippen LogP) is 1.61. The number of carbonyl (C=O) groups excluding carboxylic acids is 2. The van der Waals surface area contributed by atoms with E-state index >= 15 is 0 Å². The van der Waals surface area contributed by atoms with E-state index in [2.05, 4.69) is 9.72 Å². The van der Waals surface area contributed by atoms with Crippen molar-refractivity contribution in [1.29, 1.82) is 0 Å². The second-order valence-corrected chi connectivity index (χ2v) is 5.00. The molecule has 0 aliphatic carbocycles. The van der Waals surface area contributed by atoms with E-state index in [1.54, 1.807) is 12.1 Å². The van der Waals surface area contributed by atoms with Crippen molar-refractivity contribution in [2.75, 3.05) is 6.61 Å². The van der Waals surface area contributed by atoms with Crippen molar-refractivity contribution < 1.29 is 14.3 Å². The van der Waals surface area contributed by atoms with Crippen molar-refractivity contribution in [2.24, 2.45) is 0 Å². The van der Waals surface area contributed by atoms with E-state index in [1.165, 1.54) is 17.1 Å². The zero-order valence-electron chi connectivity index (χ0n) is 11.8. The van der Waals surface area contributed by atoms with Crippen LogP contribution in [-0.4, -0.2) is 28.4 Å². The molecule has 1 heterocycles. The first-order valence-corrected chi connectivity index (χ1v) is 6.79. The third-order valence-electron chi connectivity index (χ3n) is 3.20. The number of halogens is 1. The SMILES string of the molecule is Cc1c(Cl)cccc1Cn1cncc(C(=O)COC=O)c1=O. The van der Waals surface area contributed by atoms with E-state index in [0.29, 0.717) is 5.02 Å². The lowest BCUT2D eigenvalue weighted by molar-refractivity contribution is -0.127. The van der Waals surface area contributed by atoms with Gasteiger partial charge in [-0.15, -0.1) is 0 Å². The Kier molecular flexibility index (Phi) is 5.06. The minimum atomic E-state index is -0.596. The fourth-order valence-corrected chi connectivity index (χ4v) is 2.14. The van der Waals surface area contributed by atoms with E-state index in [9.17, 15) is 14.4 Å². The van der Waals surface area contributed by atoms with Crippen LogP contribution in [0, 0.1) is 6.92 Å². The van der Waals surface area contributed by atoms with Crippen molar-refractivity contribution in [2.45, 2.75) is 13.5 Å². The number of carbonyl (C=O) groups is 2.